The summed E-state index contributed by atoms with van der Waals surface area (Å²) in [4.78, 5) is 38.1. The number of allylic oxidation sites excluding steroid dienone is 24. The molecule has 0 unspecified atom stereocenters. The number of unbranched alkanes of at least 4 members (excludes halogenated alkanes) is 14. The van der Waals surface area contributed by atoms with Crippen molar-refractivity contribution in [1.82, 2.24) is 0 Å². The van der Waals surface area contributed by atoms with E-state index in [1.54, 1.807) is 0 Å². The molecule has 0 fully saturated rings. The maximum atomic E-state index is 12.8. The highest BCUT2D eigenvalue weighted by Gasteiger charge is 2.19. The quantitative estimate of drug-likeness (QED) is 0.0262. The molecule has 0 aromatic carbocycles. The van der Waals surface area contributed by atoms with Gasteiger partial charge in [-0.3, -0.25) is 14.4 Å². The summed E-state index contributed by atoms with van der Waals surface area (Å²) in [6.07, 6.45) is 82.6. The van der Waals surface area contributed by atoms with Crippen molar-refractivity contribution in [3.05, 3.63) is 146 Å². The summed E-state index contributed by atoms with van der Waals surface area (Å²) in [6, 6.07) is 0. The molecule has 0 spiro atoms. The Morgan fingerprint density at radius 1 is 0.296 bits per heavy atom. The zero-order valence-corrected chi connectivity index (χ0v) is 45.4. The summed E-state index contributed by atoms with van der Waals surface area (Å²) in [5, 5.41) is 0. The van der Waals surface area contributed by atoms with Gasteiger partial charge in [-0.25, -0.2) is 0 Å². The number of hydrogen-bond donors (Lipinski definition) is 0. The van der Waals surface area contributed by atoms with Crippen LogP contribution in [-0.2, 0) is 28.6 Å². The van der Waals surface area contributed by atoms with Crippen molar-refractivity contribution >= 4 is 17.9 Å². The normalized spacial score (nSPS) is 13.2. The molecule has 0 aromatic heterocycles. The molecule has 0 aliphatic rings. The fourth-order valence-electron chi connectivity index (χ4n) is 7.05. The Morgan fingerprint density at radius 3 is 0.901 bits per heavy atom. The van der Waals surface area contributed by atoms with Crippen molar-refractivity contribution in [2.45, 2.75) is 232 Å². The Bertz CT molecular complexity index is 1590. The predicted octanol–water partition coefficient (Wildman–Crippen LogP) is 19.2. The summed E-state index contributed by atoms with van der Waals surface area (Å²) >= 11 is 0. The fourth-order valence-corrected chi connectivity index (χ4v) is 7.05. The van der Waals surface area contributed by atoms with Gasteiger partial charge < -0.3 is 14.2 Å². The van der Waals surface area contributed by atoms with E-state index in [0.29, 0.717) is 19.3 Å². The molecule has 0 aromatic rings. The van der Waals surface area contributed by atoms with Crippen molar-refractivity contribution in [3.63, 3.8) is 0 Å². The Labute approximate surface area is 436 Å². The van der Waals surface area contributed by atoms with Gasteiger partial charge in [-0.15, -0.1) is 0 Å². The maximum absolute atomic E-state index is 12.8. The molecule has 0 N–H and O–H groups in total. The van der Waals surface area contributed by atoms with Gasteiger partial charge in [0, 0.05) is 19.3 Å². The molecule has 0 rings (SSSR count). The summed E-state index contributed by atoms with van der Waals surface area (Å²) in [5.41, 5.74) is 0. The molecule has 1 atom stereocenters. The van der Waals surface area contributed by atoms with Gasteiger partial charge in [0.1, 0.15) is 13.2 Å². The maximum Gasteiger partial charge on any atom is 0.306 e. The van der Waals surface area contributed by atoms with Gasteiger partial charge in [0.05, 0.1) is 0 Å². The Hall–Kier alpha value is -4.71. The lowest BCUT2D eigenvalue weighted by atomic mass is 10.1. The highest BCUT2D eigenvalue weighted by atomic mass is 16.6. The third kappa shape index (κ3) is 56.1. The average molecular weight is 980 g/mol. The molecule has 71 heavy (non-hydrogen) atoms. The lowest BCUT2D eigenvalue weighted by molar-refractivity contribution is -0.167. The van der Waals surface area contributed by atoms with Crippen LogP contribution in [-0.4, -0.2) is 37.2 Å². The van der Waals surface area contributed by atoms with Crippen LogP contribution >= 0.6 is 0 Å². The van der Waals surface area contributed by atoms with Gasteiger partial charge in [-0.2, -0.15) is 0 Å². The van der Waals surface area contributed by atoms with E-state index in [2.05, 4.69) is 167 Å². The van der Waals surface area contributed by atoms with Crippen LogP contribution in [0.2, 0.25) is 0 Å². The molecule has 0 radical (unpaired) electrons. The predicted molar refractivity (Wildman–Crippen MR) is 306 cm³/mol. The molecule has 0 bridgehead atoms. The smallest absolute Gasteiger partial charge is 0.306 e. The standard InChI is InChI=1S/C65H102O6/c1-4-7-10-13-16-19-22-25-28-31-32-35-37-40-43-46-49-52-55-58-64(67)70-61-62(71-65(68)59-56-53-50-47-44-41-38-34-30-27-24-21-18-15-12-9-6-3)60-69-63(66)57-54-51-48-45-42-39-36-33-29-26-23-20-17-14-11-8-5-2/h9,12,16-21,25-30,32,35-36,38-41,43,47,50,62H,4-8,10-11,13-15,22-24,31,33-34,37,42,44-46,48-49,51-61H2,1-3H3/b12-9+,19-16+,20-17+,21-18+,28-25+,29-26+,30-27+,35-32+,39-36+,41-38+,43-40+,50-47+/t62-/m1/s1. The molecule has 0 heterocycles. The van der Waals surface area contributed by atoms with Gasteiger partial charge in [0.2, 0.25) is 0 Å². The minimum atomic E-state index is -0.838. The van der Waals surface area contributed by atoms with Crippen LogP contribution in [0.25, 0.3) is 0 Å². The molecule has 6 nitrogen and oxygen atoms in total. The van der Waals surface area contributed by atoms with Gasteiger partial charge >= 0.3 is 17.9 Å². The molecular weight excluding hydrogens is 877 g/mol. The van der Waals surface area contributed by atoms with E-state index < -0.39 is 6.10 Å². The second-order valence-electron chi connectivity index (χ2n) is 18.1. The Kier molecular flexibility index (Phi) is 54.0. The van der Waals surface area contributed by atoms with Crippen LogP contribution in [0.1, 0.15) is 226 Å². The number of hydrogen-bond acceptors (Lipinski definition) is 6. The SMILES string of the molecule is CC/C=C/C/C=C/C/C=C/C/C=C/C/C=C/CCCC(=O)O[C@@H](COC(=O)CCCCC/C=C/C/C=C/C/C=C/C/C=C/CCCCC)COC(=O)CCCCCC/C=C/C/C=C/C/C=C/CCCCC. The van der Waals surface area contributed by atoms with Crippen molar-refractivity contribution in [2.75, 3.05) is 13.2 Å². The molecule has 6 heteroatoms. The molecule has 0 saturated carbocycles. The van der Waals surface area contributed by atoms with Gasteiger partial charge in [0.15, 0.2) is 6.10 Å². The minimum absolute atomic E-state index is 0.129. The zero-order valence-electron chi connectivity index (χ0n) is 45.4. The number of ether oxygens (including phenoxy) is 3. The molecule has 398 valence electrons. The van der Waals surface area contributed by atoms with E-state index in [0.717, 1.165) is 128 Å². The van der Waals surface area contributed by atoms with E-state index >= 15 is 0 Å². The van der Waals surface area contributed by atoms with Gasteiger partial charge in [0.25, 0.3) is 0 Å². The van der Waals surface area contributed by atoms with E-state index in [1.165, 1.54) is 51.4 Å². The summed E-state index contributed by atoms with van der Waals surface area (Å²) in [7, 11) is 0. The van der Waals surface area contributed by atoms with Crippen molar-refractivity contribution in [1.29, 1.82) is 0 Å². The molecule has 0 aliphatic carbocycles. The number of rotatable bonds is 49. The zero-order chi connectivity index (χ0) is 51.4. The molecule has 0 aliphatic heterocycles. The van der Waals surface area contributed by atoms with Crippen LogP contribution in [0.5, 0.6) is 0 Å². The Morgan fingerprint density at radius 2 is 0.563 bits per heavy atom. The monoisotopic (exact) mass is 979 g/mol. The van der Waals surface area contributed by atoms with E-state index in [9.17, 15) is 14.4 Å². The Balaban J connectivity index is 4.61. The summed E-state index contributed by atoms with van der Waals surface area (Å²) in [6.45, 7) is 6.36. The third-order valence-electron chi connectivity index (χ3n) is 11.3. The second kappa shape index (κ2) is 57.9. The second-order valence-corrected chi connectivity index (χ2v) is 18.1. The number of carbonyl (C=O) groups excluding carboxylic acids is 3. The lowest BCUT2D eigenvalue weighted by Crippen LogP contribution is -2.30. The highest BCUT2D eigenvalue weighted by molar-refractivity contribution is 5.71. The fraction of sp³-hybridized carbons (Fsp3) is 0.585. The van der Waals surface area contributed by atoms with Crippen molar-refractivity contribution in [3.8, 4) is 0 Å². The van der Waals surface area contributed by atoms with Crippen LogP contribution < -0.4 is 0 Å². The van der Waals surface area contributed by atoms with Crippen LogP contribution in [0.3, 0.4) is 0 Å². The van der Waals surface area contributed by atoms with Gasteiger partial charge in [-0.05, 0) is 141 Å². The first kappa shape index (κ1) is 66.3. The van der Waals surface area contributed by atoms with Gasteiger partial charge in [-0.1, -0.05) is 212 Å². The van der Waals surface area contributed by atoms with Crippen molar-refractivity contribution < 1.29 is 28.6 Å². The van der Waals surface area contributed by atoms with Crippen molar-refractivity contribution in [2.24, 2.45) is 0 Å². The largest absolute Gasteiger partial charge is 0.462 e. The highest BCUT2D eigenvalue weighted by Crippen LogP contribution is 2.11. The summed E-state index contributed by atoms with van der Waals surface area (Å²) < 4.78 is 16.8. The molecule has 0 amide bonds. The van der Waals surface area contributed by atoms with E-state index in [-0.39, 0.29) is 37.5 Å². The summed E-state index contributed by atoms with van der Waals surface area (Å²) in [5.74, 6) is -1.05. The number of carbonyl (C=O) groups is 3. The molecule has 0 saturated heterocycles. The average Bonchev–Trinajstić information content (AvgIpc) is 3.37. The van der Waals surface area contributed by atoms with E-state index in [1.807, 2.05) is 0 Å². The molecular formula is C65H102O6. The third-order valence-corrected chi connectivity index (χ3v) is 11.3. The first-order valence-corrected chi connectivity index (χ1v) is 28.3. The topological polar surface area (TPSA) is 78.9 Å². The first-order valence-electron chi connectivity index (χ1n) is 28.3. The lowest BCUT2D eigenvalue weighted by Gasteiger charge is -2.18. The minimum Gasteiger partial charge on any atom is -0.462 e. The van der Waals surface area contributed by atoms with Crippen LogP contribution in [0.4, 0.5) is 0 Å². The number of esters is 3. The van der Waals surface area contributed by atoms with E-state index in [4.69, 9.17) is 14.2 Å². The van der Waals surface area contributed by atoms with Crippen LogP contribution in [0, 0.1) is 0 Å². The van der Waals surface area contributed by atoms with Crippen LogP contribution in [0.15, 0.2) is 146 Å². The first-order chi connectivity index (χ1) is 35.0.